The van der Waals surface area contributed by atoms with E-state index in [1.54, 1.807) is 16.7 Å². The van der Waals surface area contributed by atoms with Gasteiger partial charge in [0, 0.05) is 38.3 Å². The van der Waals surface area contributed by atoms with Crippen LogP contribution in [0.25, 0.3) is 11.1 Å². The summed E-state index contributed by atoms with van der Waals surface area (Å²) in [5.74, 6) is -0.378. The van der Waals surface area contributed by atoms with Crippen molar-refractivity contribution in [1.29, 1.82) is 0 Å². The Morgan fingerprint density at radius 1 is 1.29 bits per heavy atom. The van der Waals surface area contributed by atoms with Crippen LogP contribution in [-0.2, 0) is 6.54 Å². The van der Waals surface area contributed by atoms with Crippen LogP contribution < -0.4 is 11.1 Å². The Morgan fingerprint density at radius 3 is 2.75 bits per heavy atom. The average molecular weight is 332 g/mol. The molecule has 0 unspecified atom stereocenters. The van der Waals surface area contributed by atoms with E-state index in [4.69, 9.17) is 4.42 Å². The zero-order valence-electron chi connectivity index (χ0n) is 14.2. The molecule has 1 aromatic carbocycles. The molecule has 1 aliphatic rings. The number of rotatable bonds is 5. The number of amides is 1. The molecule has 3 rings (SSSR count). The number of nitrogens with one attached hydrogen (secondary N) is 1. The van der Waals surface area contributed by atoms with Gasteiger partial charge in [0.15, 0.2) is 5.58 Å². The van der Waals surface area contributed by atoms with Gasteiger partial charge in [0.2, 0.25) is 0 Å². The molecule has 0 saturated carbocycles. The first-order chi connectivity index (χ1) is 11.6. The Hall–Kier alpha value is -2.12. The van der Waals surface area contributed by atoms with E-state index in [1.807, 2.05) is 25.1 Å². The standard InChI is InChI=1S/C17H24N4O3/c1-19(2)8-3-9-21-14-5-4-13(12-15(14)24-17(21)23)16(22)20-10-6-18-7-11-20/h4-5,12,18H,3,6-11H2,1-2H3. The van der Waals surface area contributed by atoms with Gasteiger partial charge in [-0.15, -0.1) is 0 Å². The van der Waals surface area contributed by atoms with Crippen LogP contribution >= 0.6 is 0 Å². The minimum absolute atomic E-state index is 0.0126. The minimum Gasteiger partial charge on any atom is -0.408 e. The first-order valence-electron chi connectivity index (χ1n) is 8.34. The van der Waals surface area contributed by atoms with Crippen LogP contribution in [0.1, 0.15) is 16.8 Å². The van der Waals surface area contributed by atoms with E-state index < -0.39 is 0 Å². The summed E-state index contributed by atoms with van der Waals surface area (Å²) in [4.78, 5) is 28.5. The second kappa shape index (κ2) is 7.19. The van der Waals surface area contributed by atoms with E-state index in [0.29, 0.717) is 30.8 Å². The molecule has 130 valence electrons. The highest BCUT2D eigenvalue weighted by Crippen LogP contribution is 2.17. The van der Waals surface area contributed by atoms with Gasteiger partial charge in [-0.05, 0) is 45.3 Å². The third-order valence-electron chi connectivity index (χ3n) is 4.31. The van der Waals surface area contributed by atoms with Crippen LogP contribution in [-0.4, -0.2) is 67.1 Å². The van der Waals surface area contributed by atoms with Crippen molar-refractivity contribution in [2.24, 2.45) is 0 Å². The van der Waals surface area contributed by atoms with Crippen LogP contribution in [0.3, 0.4) is 0 Å². The number of fused-ring (bicyclic) bond motifs is 1. The van der Waals surface area contributed by atoms with Crippen molar-refractivity contribution < 1.29 is 9.21 Å². The highest BCUT2D eigenvalue weighted by Gasteiger charge is 2.19. The number of aryl methyl sites for hydroxylation is 1. The van der Waals surface area contributed by atoms with Crippen molar-refractivity contribution in [2.45, 2.75) is 13.0 Å². The number of hydrogen-bond donors (Lipinski definition) is 1. The molecular weight excluding hydrogens is 308 g/mol. The quantitative estimate of drug-likeness (QED) is 0.868. The molecule has 1 aromatic heterocycles. The van der Waals surface area contributed by atoms with Crippen LogP contribution in [0.5, 0.6) is 0 Å². The first kappa shape index (κ1) is 16.7. The summed E-state index contributed by atoms with van der Waals surface area (Å²) in [6.07, 6.45) is 0.864. The van der Waals surface area contributed by atoms with E-state index >= 15 is 0 Å². The molecule has 7 heteroatoms. The van der Waals surface area contributed by atoms with Crippen molar-refractivity contribution >= 4 is 17.0 Å². The Morgan fingerprint density at radius 2 is 2.04 bits per heavy atom. The molecule has 0 bridgehead atoms. The summed E-state index contributed by atoms with van der Waals surface area (Å²) < 4.78 is 6.98. The highest BCUT2D eigenvalue weighted by atomic mass is 16.4. The second-order valence-electron chi connectivity index (χ2n) is 6.40. The molecule has 0 spiro atoms. The summed E-state index contributed by atoms with van der Waals surface area (Å²) in [6.45, 7) is 4.53. The van der Waals surface area contributed by atoms with Gasteiger partial charge in [0.05, 0.1) is 5.52 Å². The van der Waals surface area contributed by atoms with Crippen LogP contribution in [0.2, 0.25) is 0 Å². The normalized spacial score (nSPS) is 15.4. The molecule has 7 nitrogen and oxygen atoms in total. The van der Waals surface area contributed by atoms with E-state index in [9.17, 15) is 9.59 Å². The fourth-order valence-corrected chi connectivity index (χ4v) is 3.01. The summed E-state index contributed by atoms with van der Waals surface area (Å²) in [5.41, 5.74) is 1.79. The number of hydrogen-bond acceptors (Lipinski definition) is 5. The summed E-state index contributed by atoms with van der Waals surface area (Å²) in [7, 11) is 4.01. The number of piperazine rings is 1. The van der Waals surface area contributed by atoms with Gasteiger partial charge in [0.25, 0.3) is 5.91 Å². The van der Waals surface area contributed by atoms with E-state index in [2.05, 4.69) is 10.2 Å². The van der Waals surface area contributed by atoms with Crippen LogP contribution in [0, 0.1) is 0 Å². The molecule has 0 aliphatic carbocycles. The monoisotopic (exact) mass is 332 g/mol. The SMILES string of the molecule is CN(C)CCCn1c(=O)oc2cc(C(=O)N3CCNCC3)ccc21. The van der Waals surface area contributed by atoms with Crippen molar-refractivity contribution in [2.75, 3.05) is 46.8 Å². The number of aromatic nitrogens is 1. The van der Waals surface area contributed by atoms with Crippen molar-refractivity contribution in [3.8, 4) is 0 Å². The van der Waals surface area contributed by atoms with Crippen LogP contribution in [0.15, 0.2) is 27.4 Å². The molecular formula is C17H24N4O3. The highest BCUT2D eigenvalue weighted by molar-refractivity contribution is 5.97. The second-order valence-corrected chi connectivity index (χ2v) is 6.40. The van der Waals surface area contributed by atoms with Crippen LogP contribution in [0.4, 0.5) is 0 Å². The van der Waals surface area contributed by atoms with Gasteiger partial charge >= 0.3 is 5.76 Å². The summed E-state index contributed by atoms with van der Waals surface area (Å²) in [6, 6.07) is 5.28. The predicted molar refractivity (Wildman–Crippen MR) is 92.4 cm³/mol. The summed E-state index contributed by atoms with van der Waals surface area (Å²) >= 11 is 0. The summed E-state index contributed by atoms with van der Waals surface area (Å²) in [5, 5.41) is 3.23. The van der Waals surface area contributed by atoms with Gasteiger partial charge in [0.1, 0.15) is 0 Å². The fraction of sp³-hybridized carbons (Fsp3) is 0.529. The lowest BCUT2D eigenvalue weighted by Gasteiger charge is -2.27. The first-order valence-corrected chi connectivity index (χ1v) is 8.34. The Bertz CT molecular complexity index is 772. The average Bonchev–Trinajstić information content (AvgIpc) is 2.89. The molecule has 2 aromatic rings. The van der Waals surface area contributed by atoms with E-state index in [-0.39, 0.29) is 11.7 Å². The maximum Gasteiger partial charge on any atom is 0.419 e. The van der Waals surface area contributed by atoms with Crippen molar-refractivity contribution in [1.82, 2.24) is 19.7 Å². The number of oxazole rings is 1. The lowest BCUT2D eigenvalue weighted by atomic mass is 10.1. The number of carbonyl (C=O) groups excluding carboxylic acids is 1. The molecule has 1 aliphatic heterocycles. The van der Waals surface area contributed by atoms with Gasteiger partial charge in [-0.2, -0.15) is 0 Å². The lowest BCUT2D eigenvalue weighted by molar-refractivity contribution is 0.0736. The molecule has 2 heterocycles. The fourth-order valence-electron chi connectivity index (χ4n) is 3.01. The third-order valence-corrected chi connectivity index (χ3v) is 4.31. The maximum absolute atomic E-state index is 12.5. The number of benzene rings is 1. The smallest absolute Gasteiger partial charge is 0.408 e. The molecule has 0 atom stereocenters. The molecule has 1 N–H and O–H groups in total. The number of carbonyl (C=O) groups is 1. The largest absolute Gasteiger partial charge is 0.419 e. The maximum atomic E-state index is 12.5. The van der Waals surface area contributed by atoms with Gasteiger partial charge in [-0.25, -0.2) is 4.79 Å². The molecule has 24 heavy (non-hydrogen) atoms. The van der Waals surface area contributed by atoms with Gasteiger partial charge in [-0.1, -0.05) is 0 Å². The predicted octanol–water partition coefficient (Wildman–Crippen LogP) is 0.592. The molecule has 0 radical (unpaired) electrons. The van der Waals surface area contributed by atoms with Crippen molar-refractivity contribution in [3.63, 3.8) is 0 Å². The Balaban J connectivity index is 1.81. The zero-order chi connectivity index (χ0) is 17.1. The number of nitrogens with zero attached hydrogens (tertiary/aromatic N) is 3. The van der Waals surface area contributed by atoms with E-state index in [1.165, 1.54) is 0 Å². The molecule has 1 amide bonds. The zero-order valence-corrected chi connectivity index (χ0v) is 14.2. The Labute approximate surface area is 140 Å². The molecule has 1 fully saturated rings. The third kappa shape index (κ3) is 3.52. The van der Waals surface area contributed by atoms with E-state index in [0.717, 1.165) is 31.6 Å². The van der Waals surface area contributed by atoms with Gasteiger partial charge < -0.3 is 19.5 Å². The minimum atomic E-state index is -0.365. The lowest BCUT2D eigenvalue weighted by Crippen LogP contribution is -2.46. The topological polar surface area (TPSA) is 70.7 Å². The molecule has 1 saturated heterocycles. The van der Waals surface area contributed by atoms with Gasteiger partial charge in [-0.3, -0.25) is 9.36 Å². The van der Waals surface area contributed by atoms with Crippen molar-refractivity contribution in [3.05, 3.63) is 34.3 Å². The Kier molecular flexibility index (Phi) is 5.01.